The minimum Gasteiger partial charge on any atom is -0.464 e. The number of likely N-dealkylation sites (tertiary alicyclic amines) is 1. The van der Waals surface area contributed by atoms with E-state index in [-0.39, 0.29) is 11.2 Å². The summed E-state index contributed by atoms with van der Waals surface area (Å²) in [5, 5.41) is -0.360. The third-order valence-corrected chi connectivity index (χ3v) is 7.65. The van der Waals surface area contributed by atoms with E-state index in [1.165, 1.54) is 0 Å². The van der Waals surface area contributed by atoms with Crippen LogP contribution in [0, 0.1) is 0 Å². The van der Waals surface area contributed by atoms with Gasteiger partial charge < -0.3 is 4.42 Å². The van der Waals surface area contributed by atoms with Crippen molar-refractivity contribution >= 4 is 9.84 Å². The average molecular weight is 366 g/mol. The largest absolute Gasteiger partial charge is 0.464 e. The molecule has 1 saturated heterocycles. The van der Waals surface area contributed by atoms with Crippen molar-refractivity contribution in [1.29, 1.82) is 0 Å². The molecule has 5 rings (SSSR count). The first-order valence-electron chi connectivity index (χ1n) is 8.66. The number of fused-ring (bicyclic) bond motifs is 3. The zero-order valence-electron chi connectivity index (χ0n) is 14.1. The maximum absolute atomic E-state index is 13.0. The molecule has 3 aromatic rings. The van der Waals surface area contributed by atoms with Gasteiger partial charge in [-0.25, -0.2) is 8.42 Å². The molecule has 6 heteroatoms. The lowest BCUT2D eigenvalue weighted by atomic mass is 9.96. The topological polar surface area (TPSA) is 63.4 Å². The van der Waals surface area contributed by atoms with E-state index in [0.717, 1.165) is 35.5 Å². The number of benzene rings is 1. The highest BCUT2D eigenvalue weighted by molar-refractivity contribution is 7.92. The van der Waals surface area contributed by atoms with Crippen molar-refractivity contribution in [1.82, 2.24) is 9.88 Å². The van der Waals surface area contributed by atoms with Gasteiger partial charge in [0.15, 0.2) is 9.84 Å². The van der Waals surface area contributed by atoms with E-state index in [4.69, 9.17) is 4.42 Å². The zero-order valence-corrected chi connectivity index (χ0v) is 14.9. The smallest absolute Gasteiger partial charge is 0.183 e. The summed E-state index contributed by atoms with van der Waals surface area (Å²) in [6.07, 6.45) is 5.22. The van der Waals surface area contributed by atoms with Gasteiger partial charge in [-0.1, -0.05) is 6.07 Å². The molecule has 0 amide bonds. The predicted molar refractivity (Wildman–Crippen MR) is 97.4 cm³/mol. The van der Waals surface area contributed by atoms with E-state index in [1.807, 2.05) is 42.6 Å². The van der Waals surface area contributed by atoms with Gasteiger partial charge in [-0.3, -0.25) is 9.88 Å². The van der Waals surface area contributed by atoms with Crippen molar-refractivity contribution in [2.45, 2.75) is 22.6 Å². The lowest BCUT2D eigenvalue weighted by molar-refractivity contribution is 0.325. The molecule has 0 saturated carbocycles. The number of rotatable bonds is 3. The Morgan fingerprint density at radius 3 is 2.85 bits per heavy atom. The van der Waals surface area contributed by atoms with Crippen LogP contribution in [0.25, 0.3) is 11.3 Å². The molecule has 0 N–H and O–H groups in total. The van der Waals surface area contributed by atoms with Gasteiger partial charge in [0, 0.05) is 43.5 Å². The first kappa shape index (κ1) is 15.8. The van der Waals surface area contributed by atoms with Crippen LogP contribution in [-0.4, -0.2) is 36.6 Å². The number of aromatic nitrogens is 1. The second-order valence-corrected chi connectivity index (χ2v) is 9.11. The number of sulfone groups is 1. The highest BCUT2D eigenvalue weighted by Gasteiger charge is 2.50. The molecule has 1 fully saturated rings. The monoisotopic (exact) mass is 366 g/mol. The Balaban J connectivity index is 1.49. The minimum atomic E-state index is -3.28. The summed E-state index contributed by atoms with van der Waals surface area (Å²) in [5.74, 6) is 0.778. The fraction of sp³-hybridized carbons (Fsp3) is 0.250. The van der Waals surface area contributed by atoms with E-state index in [1.54, 1.807) is 18.5 Å². The summed E-state index contributed by atoms with van der Waals surface area (Å²) in [5.41, 5.74) is 2.96. The molecule has 0 aliphatic carbocycles. The molecule has 2 aromatic heterocycles. The normalized spacial score (nSPS) is 23.7. The van der Waals surface area contributed by atoms with Crippen molar-refractivity contribution in [3.8, 4) is 11.3 Å². The lowest BCUT2D eigenvalue weighted by Crippen LogP contribution is -2.25. The van der Waals surface area contributed by atoms with Crippen LogP contribution >= 0.6 is 0 Å². The second kappa shape index (κ2) is 5.79. The van der Waals surface area contributed by atoms with Crippen LogP contribution in [-0.2, 0) is 16.4 Å². The van der Waals surface area contributed by atoms with E-state index in [0.29, 0.717) is 11.4 Å². The third-order valence-electron chi connectivity index (χ3n) is 5.39. The molecular formula is C20H18N2O3S. The molecule has 132 valence electrons. The number of pyridine rings is 1. The molecule has 0 radical (unpaired) electrons. The first-order valence-corrected chi connectivity index (χ1v) is 10.2. The Morgan fingerprint density at radius 1 is 1.15 bits per heavy atom. The SMILES string of the molecule is O=S1(=O)c2ccc(-c3ccco3)cc2C2CN(Cc3cccnc3)CC21. The maximum atomic E-state index is 13.0. The Bertz CT molecular complexity index is 1050. The van der Waals surface area contributed by atoms with Gasteiger partial charge >= 0.3 is 0 Å². The first-order chi connectivity index (χ1) is 12.6. The molecule has 0 bridgehead atoms. The molecule has 0 spiro atoms. The summed E-state index contributed by atoms with van der Waals surface area (Å²) in [6.45, 7) is 2.03. The maximum Gasteiger partial charge on any atom is 0.183 e. The van der Waals surface area contributed by atoms with E-state index >= 15 is 0 Å². The van der Waals surface area contributed by atoms with Crippen molar-refractivity contribution in [3.63, 3.8) is 0 Å². The molecule has 1 aromatic carbocycles. The lowest BCUT2D eigenvalue weighted by Gasteiger charge is -2.17. The fourth-order valence-corrected chi connectivity index (χ4v) is 6.40. The Labute approximate surface area is 152 Å². The van der Waals surface area contributed by atoms with Crippen molar-refractivity contribution in [2.75, 3.05) is 13.1 Å². The van der Waals surface area contributed by atoms with E-state index in [2.05, 4.69) is 9.88 Å². The highest BCUT2D eigenvalue weighted by Crippen LogP contribution is 2.46. The van der Waals surface area contributed by atoms with Gasteiger partial charge in [-0.2, -0.15) is 0 Å². The molecule has 26 heavy (non-hydrogen) atoms. The molecule has 2 unspecified atom stereocenters. The number of nitrogens with zero attached hydrogens (tertiary/aromatic N) is 2. The summed E-state index contributed by atoms with van der Waals surface area (Å²) < 4.78 is 31.5. The van der Waals surface area contributed by atoms with E-state index < -0.39 is 9.84 Å². The molecule has 2 aliphatic heterocycles. The molecule has 2 aliphatic rings. The van der Waals surface area contributed by atoms with Crippen molar-refractivity contribution < 1.29 is 12.8 Å². The van der Waals surface area contributed by atoms with Gasteiger partial charge in [0.1, 0.15) is 5.76 Å². The average Bonchev–Trinajstić information content (AvgIpc) is 3.35. The van der Waals surface area contributed by atoms with Gasteiger partial charge in [0.25, 0.3) is 0 Å². The molecular weight excluding hydrogens is 348 g/mol. The van der Waals surface area contributed by atoms with Crippen LogP contribution < -0.4 is 0 Å². The van der Waals surface area contributed by atoms with Crippen LogP contribution in [0.5, 0.6) is 0 Å². The predicted octanol–water partition coefficient (Wildman–Crippen LogP) is 3.10. The van der Waals surface area contributed by atoms with Crippen molar-refractivity contribution in [2.24, 2.45) is 0 Å². The molecule has 5 nitrogen and oxygen atoms in total. The fourth-order valence-electron chi connectivity index (χ4n) is 4.20. The Hall–Kier alpha value is -2.44. The van der Waals surface area contributed by atoms with Gasteiger partial charge in [-0.05, 0) is 47.5 Å². The summed E-state index contributed by atoms with van der Waals surface area (Å²) in [4.78, 5) is 6.85. The van der Waals surface area contributed by atoms with Crippen LogP contribution in [0.1, 0.15) is 17.0 Å². The van der Waals surface area contributed by atoms with Crippen LogP contribution in [0.4, 0.5) is 0 Å². The molecule has 2 atom stereocenters. The van der Waals surface area contributed by atoms with E-state index in [9.17, 15) is 8.42 Å². The number of hydrogen-bond acceptors (Lipinski definition) is 5. The third kappa shape index (κ3) is 2.40. The number of hydrogen-bond donors (Lipinski definition) is 0. The minimum absolute atomic E-state index is 0.0154. The summed E-state index contributed by atoms with van der Waals surface area (Å²) in [7, 11) is -3.28. The van der Waals surface area contributed by atoms with Gasteiger partial charge in [0.2, 0.25) is 0 Å². The van der Waals surface area contributed by atoms with Crippen LogP contribution in [0.3, 0.4) is 0 Å². The van der Waals surface area contributed by atoms with Crippen LogP contribution in [0.15, 0.2) is 70.4 Å². The Kier molecular flexibility index (Phi) is 3.52. The zero-order chi connectivity index (χ0) is 17.7. The summed E-state index contributed by atoms with van der Waals surface area (Å²) in [6, 6.07) is 13.2. The van der Waals surface area contributed by atoms with Gasteiger partial charge in [-0.15, -0.1) is 0 Å². The highest BCUT2D eigenvalue weighted by atomic mass is 32.2. The number of furan rings is 1. The second-order valence-electron chi connectivity index (χ2n) is 6.98. The Morgan fingerprint density at radius 2 is 2.08 bits per heavy atom. The molecule has 4 heterocycles. The van der Waals surface area contributed by atoms with Crippen molar-refractivity contribution in [3.05, 3.63) is 72.2 Å². The quantitative estimate of drug-likeness (QED) is 0.713. The standard InChI is InChI=1S/C20H18N2O3S/c23-26(24)19-6-5-15(18-4-2-8-25-18)9-16(19)17-12-22(13-20(17)26)11-14-3-1-7-21-10-14/h1-10,17,20H,11-13H2. The van der Waals surface area contributed by atoms with Gasteiger partial charge in [0.05, 0.1) is 16.4 Å². The summed E-state index contributed by atoms with van der Waals surface area (Å²) >= 11 is 0. The van der Waals surface area contributed by atoms with Crippen LogP contribution in [0.2, 0.25) is 0 Å².